The van der Waals surface area contributed by atoms with Crippen molar-refractivity contribution < 1.29 is 9.85 Å². The Morgan fingerprint density at radius 3 is 2.36 bits per heavy atom. The summed E-state index contributed by atoms with van der Waals surface area (Å²) in [4.78, 5) is 32.8. The van der Waals surface area contributed by atoms with Crippen LogP contribution in [-0.2, 0) is 0 Å². The molecule has 0 aliphatic carbocycles. The number of nitrogens with zero attached hydrogens (tertiary/aromatic N) is 3. The van der Waals surface area contributed by atoms with Crippen molar-refractivity contribution in [2.24, 2.45) is 0 Å². The molecule has 8 nitrogen and oxygen atoms in total. The molecule has 0 fully saturated rings. The lowest BCUT2D eigenvalue weighted by Crippen LogP contribution is -2.12. The summed E-state index contributed by atoms with van der Waals surface area (Å²) >= 11 is 1.05. The molecule has 1 aromatic heterocycles. The molecule has 0 saturated heterocycles. The molecule has 0 amide bonds. The Morgan fingerprint density at radius 1 is 1.00 bits per heavy atom. The second kappa shape index (κ2) is 5.04. The maximum absolute atomic E-state index is 12.3. The molecule has 0 spiro atoms. The Hall–Kier alpha value is -3.07. The zero-order valence-electron chi connectivity index (χ0n) is 10.8. The maximum Gasteiger partial charge on any atom is 0.301 e. The molecule has 110 valence electrons. The van der Waals surface area contributed by atoms with E-state index < -0.39 is 26.8 Å². The molecule has 0 saturated carbocycles. The van der Waals surface area contributed by atoms with Crippen molar-refractivity contribution in [1.82, 2.24) is 3.96 Å². The highest BCUT2D eigenvalue weighted by Gasteiger charge is 2.23. The van der Waals surface area contributed by atoms with Gasteiger partial charge in [0, 0.05) is 6.07 Å². The number of nitro benzene ring substituents is 2. The first-order valence-corrected chi connectivity index (χ1v) is 6.80. The highest BCUT2D eigenvalue weighted by Crippen LogP contribution is 2.29. The predicted molar refractivity (Wildman–Crippen MR) is 80.7 cm³/mol. The Balaban J connectivity index is 2.30. The minimum Gasteiger partial charge on any atom is -0.267 e. The van der Waals surface area contributed by atoms with Crippen LogP contribution in [0.4, 0.5) is 11.4 Å². The summed E-state index contributed by atoms with van der Waals surface area (Å²) in [6.45, 7) is 0. The van der Waals surface area contributed by atoms with Crippen LogP contribution in [0, 0.1) is 20.2 Å². The lowest BCUT2D eigenvalue weighted by molar-refractivity contribution is -0.394. The quantitative estimate of drug-likeness (QED) is 0.545. The summed E-state index contributed by atoms with van der Waals surface area (Å²) < 4.78 is 1.85. The van der Waals surface area contributed by atoms with Crippen LogP contribution in [-0.4, -0.2) is 13.8 Å². The highest BCUT2D eigenvalue weighted by atomic mass is 32.1. The van der Waals surface area contributed by atoms with E-state index in [-0.39, 0.29) is 5.69 Å². The lowest BCUT2D eigenvalue weighted by atomic mass is 10.2. The van der Waals surface area contributed by atoms with Gasteiger partial charge in [-0.05, 0) is 18.2 Å². The Kier molecular flexibility index (Phi) is 3.18. The fourth-order valence-electron chi connectivity index (χ4n) is 2.07. The third kappa shape index (κ3) is 2.13. The van der Waals surface area contributed by atoms with E-state index in [4.69, 9.17) is 0 Å². The van der Waals surface area contributed by atoms with Crippen LogP contribution in [0.1, 0.15) is 0 Å². The van der Waals surface area contributed by atoms with E-state index in [0.29, 0.717) is 10.1 Å². The van der Waals surface area contributed by atoms with Gasteiger partial charge < -0.3 is 0 Å². The van der Waals surface area contributed by atoms with Crippen molar-refractivity contribution in [3.8, 4) is 5.69 Å². The van der Waals surface area contributed by atoms with Crippen molar-refractivity contribution in [2.75, 3.05) is 0 Å². The normalized spacial score (nSPS) is 10.7. The monoisotopic (exact) mass is 317 g/mol. The second-order valence-electron chi connectivity index (χ2n) is 4.37. The Morgan fingerprint density at radius 2 is 1.73 bits per heavy atom. The molecule has 0 unspecified atom stereocenters. The third-order valence-electron chi connectivity index (χ3n) is 3.08. The van der Waals surface area contributed by atoms with Gasteiger partial charge in [0.2, 0.25) is 0 Å². The molecular formula is C13H7N3O5S. The van der Waals surface area contributed by atoms with E-state index in [1.54, 1.807) is 24.3 Å². The van der Waals surface area contributed by atoms with Crippen LogP contribution < -0.4 is 5.56 Å². The molecule has 0 N–H and O–H groups in total. The number of nitro groups is 2. The topological polar surface area (TPSA) is 108 Å². The molecule has 9 heteroatoms. The minimum absolute atomic E-state index is 0.0156. The maximum atomic E-state index is 12.3. The number of benzene rings is 2. The zero-order chi connectivity index (χ0) is 15.9. The summed E-state index contributed by atoms with van der Waals surface area (Å²) in [7, 11) is 0. The first-order chi connectivity index (χ1) is 10.5. The summed E-state index contributed by atoms with van der Waals surface area (Å²) in [5.74, 6) is 0. The fourth-order valence-corrected chi connectivity index (χ4v) is 3.10. The fraction of sp³-hybridized carbons (Fsp3) is 0. The van der Waals surface area contributed by atoms with Gasteiger partial charge in [-0.25, -0.2) is 3.96 Å². The average molecular weight is 317 g/mol. The summed E-state index contributed by atoms with van der Waals surface area (Å²) in [6.07, 6.45) is 0. The molecule has 3 aromatic rings. The van der Waals surface area contributed by atoms with Crippen LogP contribution in [0.15, 0.2) is 47.3 Å². The van der Waals surface area contributed by atoms with Gasteiger partial charge in [0.05, 0.1) is 26.0 Å². The first-order valence-electron chi connectivity index (χ1n) is 6.03. The molecule has 3 rings (SSSR count). The van der Waals surface area contributed by atoms with Gasteiger partial charge in [-0.15, -0.1) is 0 Å². The molecule has 2 aromatic carbocycles. The number of aromatic nitrogens is 1. The Labute approximate surface area is 126 Å². The smallest absolute Gasteiger partial charge is 0.267 e. The van der Waals surface area contributed by atoms with E-state index in [0.717, 1.165) is 23.7 Å². The van der Waals surface area contributed by atoms with Crippen molar-refractivity contribution in [1.29, 1.82) is 0 Å². The lowest BCUT2D eigenvalue weighted by Gasteiger charge is -2.01. The summed E-state index contributed by atoms with van der Waals surface area (Å²) in [6, 6.07) is 10.0. The van der Waals surface area contributed by atoms with E-state index in [2.05, 4.69) is 0 Å². The van der Waals surface area contributed by atoms with Crippen LogP contribution in [0.2, 0.25) is 0 Å². The van der Waals surface area contributed by atoms with Crippen molar-refractivity contribution in [2.45, 2.75) is 0 Å². The van der Waals surface area contributed by atoms with E-state index >= 15 is 0 Å². The van der Waals surface area contributed by atoms with Crippen molar-refractivity contribution in [3.05, 3.63) is 73.0 Å². The van der Waals surface area contributed by atoms with Gasteiger partial charge in [-0.1, -0.05) is 23.7 Å². The molecule has 0 atom stereocenters. The predicted octanol–water partition coefficient (Wildman–Crippen LogP) is 2.87. The first kappa shape index (κ1) is 13.9. The average Bonchev–Trinajstić information content (AvgIpc) is 2.84. The van der Waals surface area contributed by atoms with E-state index in [1.165, 1.54) is 10.0 Å². The second-order valence-corrected chi connectivity index (χ2v) is 5.36. The molecular weight excluding hydrogens is 310 g/mol. The number of hydrogen-bond donors (Lipinski definition) is 0. The number of fused-ring (bicyclic) bond motifs is 1. The zero-order valence-corrected chi connectivity index (χ0v) is 11.6. The molecule has 22 heavy (non-hydrogen) atoms. The van der Waals surface area contributed by atoms with Gasteiger partial charge >= 0.3 is 5.69 Å². The van der Waals surface area contributed by atoms with Gasteiger partial charge in [-0.3, -0.25) is 25.0 Å². The van der Waals surface area contributed by atoms with Gasteiger partial charge in [0.1, 0.15) is 5.69 Å². The van der Waals surface area contributed by atoms with Gasteiger partial charge in [0.15, 0.2) is 0 Å². The van der Waals surface area contributed by atoms with E-state index in [9.17, 15) is 25.0 Å². The summed E-state index contributed by atoms with van der Waals surface area (Å²) in [5.41, 5.74) is -1.26. The number of hydrogen-bond acceptors (Lipinski definition) is 6. The summed E-state index contributed by atoms with van der Waals surface area (Å²) in [5, 5.41) is 22.4. The van der Waals surface area contributed by atoms with Crippen LogP contribution >= 0.6 is 11.5 Å². The number of non-ortho nitro benzene ring substituents is 1. The highest BCUT2D eigenvalue weighted by molar-refractivity contribution is 7.14. The number of rotatable bonds is 3. The Bertz CT molecular complexity index is 975. The van der Waals surface area contributed by atoms with Crippen molar-refractivity contribution >= 4 is 33.0 Å². The molecule has 0 bridgehead atoms. The van der Waals surface area contributed by atoms with Gasteiger partial charge in [0.25, 0.3) is 11.2 Å². The standard InChI is InChI=1S/C13H7N3O5S/c17-13-9-3-1-2-4-12(9)22-14(13)10-6-5-8(15(18)19)7-11(10)16(20)21/h1-7H. The molecule has 0 radical (unpaired) electrons. The van der Waals surface area contributed by atoms with Crippen molar-refractivity contribution in [3.63, 3.8) is 0 Å². The minimum atomic E-state index is -0.737. The van der Waals surface area contributed by atoms with E-state index in [1.807, 2.05) is 0 Å². The van der Waals surface area contributed by atoms with Crippen LogP contribution in [0.3, 0.4) is 0 Å². The molecule has 1 heterocycles. The largest absolute Gasteiger partial charge is 0.301 e. The molecule has 0 aliphatic heterocycles. The van der Waals surface area contributed by atoms with Gasteiger partial charge in [-0.2, -0.15) is 0 Å². The SMILES string of the molecule is O=c1c2ccccc2sn1-c1ccc([N+](=O)[O-])cc1[N+](=O)[O-]. The third-order valence-corrected chi connectivity index (χ3v) is 4.17. The van der Waals surface area contributed by atoms with Crippen LogP contribution in [0.25, 0.3) is 15.8 Å². The van der Waals surface area contributed by atoms with Crippen LogP contribution in [0.5, 0.6) is 0 Å². The molecule has 0 aliphatic rings.